The van der Waals surface area contributed by atoms with Gasteiger partial charge in [0.25, 0.3) is 0 Å². The molecule has 0 bridgehead atoms. The van der Waals surface area contributed by atoms with Gasteiger partial charge in [-0.15, -0.1) is 0 Å². The highest BCUT2D eigenvalue weighted by Gasteiger charge is 2.17. The average molecular weight is 312 g/mol. The van der Waals surface area contributed by atoms with E-state index in [0.717, 1.165) is 23.4 Å². The maximum atomic E-state index is 10.6. The van der Waals surface area contributed by atoms with Gasteiger partial charge in [-0.2, -0.15) is 0 Å². The Hall–Kier alpha value is -3.03. The van der Waals surface area contributed by atoms with E-state index >= 15 is 0 Å². The molecule has 118 valence electrons. The zero-order chi connectivity index (χ0) is 16.4. The van der Waals surface area contributed by atoms with E-state index in [0.29, 0.717) is 5.95 Å². The largest absolute Gasteiger partial charge is 0.345 e. The Morgan fingerprint density at radius 1 is 1.30 bits per heavy atom. The van der Waals surface area contributed by atoms with Gasteiger partial charge in [-0.25, -0.2) is 15.0 Å². The highest BCUT2D eigenvalue weighted by molar-refractivity contribution is 5.76. The minimum absolute atomic E-state index is 0.135. The molecule has 3 aromatic rings. The normalized spacial score (nSPS) is 12.3. The number of aryl methyl sites for hydroxylation is 1. The van der Waals surface area contributed by atoms with Gasteiger partial charge in [0, 0.05) is 6.54 Å². The summed E-state index contributed by atoms with van der Waals surface area (Å²) >= 11 is 0. The smallest absolute Gasteiger partial charge is 0.305 e. The maximum absolute atomic E-state index is 10.6. The van der Waals surface area contributed by atoms with E-state index in [9.17, 15) is 10.1 Å². The van der Waals surface area contributed by atoms with Crippen molar-refractivity contribution in [1.82, 2.24) is 19.5 Å². The van der Waals surface area contributed by atoms with Crippen LogP contribution in [0.4, 0.5) is 11.6 Å². The van der Waals surface area contributed by atoms with Crippen molar-refractivity contribution in [3.8, 4) is 0 Å². The molecule has 1 atom stereocenters. The van der Waals surface area contributed by atoms with Crippen LogP contribution in [0.2, 0.25) is 0 Å². The fourth-order valence-corrected chi connectivity index (χ4v) is 2.51. The van der Waals surface area contributed by atoms with Crippen molar-refractivity contribution in [2.24, 2.45) is 0 Å². The molecule has 0 amide bonds. The number of fused-ring (bicyclic) bond motifs is 1. The van der Waals surface area contributed by atoms with Crippen molar-refractivity contribution in [2.75, 3.05) is 5.32 Å². The molecular formula is C15H16N6O2. The first kappa shape index (κ1) is 14.9. The quantitative estimate of drug-likeness (QED) is 0.574. The average Bonchev–Trinajstić information content (AvgIpc) is 2.94. The predicted octanol–water partition coefficient (Wildman–Crippen LogP) is 2.93. The molecule has 8 heteroatoms. The number of rotatable bonds is 5. The lowest BCUT2D eigenvalue weighted by Gasteiger charge is -2.14. The number of para-hydroxylation sites is 2. The molecule has 0 spiro atoms. The number of benzene rings is 1. The van der Waals surface area contributed by atoms with E-state index in [2.05, 4.69) is 31.8 Å². The molecular weight excluding hydrogens is 296 g/mol. The number of nitro groups is 1. The van der Waals surface area contributed by atoms with Crippen LogP contribution in [0.5, 0.6) is 0 Å². The molecule has 2 heterocycles. The van der Waals surface area contributed by atoms with Crippen LogP contribution in [0.25, 0.3) is 11.0 Å². The monoisotopic (exact) mass is 312 g/mol. The van der Waals surface area contributed by atoms with Gasteiger partial charge in [0.2, 0.25) is 5.95 Å². The Labute approximate surface area is 132 Å². The molecule has 8 nitrogen and oxygen atoms in total. The van der Waals surface area contributed by atoms with E-state index in [-0.39, 0.29) is 11.7 Å². The van der Waals surface area contributed by atoms with Crippen LogP contribution in [-0.2, 0) is 6.54 Å². The molecule has 1 aromatic carbocycles. The first-order valence-corrected chi connectivity index (χ1v) is 7.28. The lowest BCUT2D eigenvalue weighted by atomic mass is 10.3. The van der Waals surface area contributed by atoms with Crippen LogP contribution in [0, 0.1) is 10.1 Å². The van der Waals surface area contributed by atoms with Crippen molar-refractivity contribution >= 4 is 22.7 Å². The Morgan fingerprint density at radius 3 is 2.65 bits per heavy atom. The maximum Gasteiger partial charge on any atom is 0.305 e. The van der Waals surface area contributed by atoms with Crippen LogP contribution in [0.1, 0.15) is 25.7 Å². The minimum atomic E-state index is -0.524. The fraction of sp³-hybridized carbons (Fsp3) is 0.267. The van der Waals surface area contributed by atoms with Gasteiger partial charge in [-0.1, -0.05) is 12.1 Å². The molecule has 0 saturated carbocycles. The molecule has 23 heavy (non-hydrogen) atoms. The second-order valence-corrected chi connectivity index (χ2v) is 5.09. The van der Waals surface area contributed by atoms with E-state index < -0.39 is 4.92 Å². The first-order valence-electron chi connectivity index (χ1n) is 7.28. The molecule has 0 saturated heterocycles. The third-order valence-corrected chi connectivity index (χ3v) is 3.58. The SMILES string of the molecule is CCn1c([C@@H](C)Nc2ncc([N+](=O)[O-])cn2)nc2ccccc21. The number of hydrogen-bond donors (Lipinski definition) is 1. The van der Waals surface area contributed by atoms with Crippen LogP contribution < -0.4 is 5.32 Å². The Morgan fingerprint density at radius 2 is 2.00 bits per heavy atom. The first-order chi connectivity index (χ1) is 11.1. The molecule has 0 radical (unpaired) electrons. The second-order valence-electron chi connectivity index (χ2n) is 5.09. The number of hydrogen-bond acceptors (Lipinski definition) is 6. The minimum Gasteiger partial charge on any atom is -0.345 e. The van der Waals surface area contributed by atoms with E-state index in [4.69, 9.17) is 0 Å². The van der Waals surface area contributed by atoms with Crippen molar-refractivity contribution < 1.29 is 4.92 Å². The summed E-state index contributed by atoms with van der Waals surface area (Å²) in [6.45, 7) is 4.81. The van der Waals surface area contributed by atoms with E-state index in [1.54, 1.807) is 0 Å². The van der Waals surface area contributed by atoms with Gasteiger partial charge in [0.1, 0.15) is 18.2 Å². The van der Waals surface area contributed by atoms with E-state index in [1.165, 1.54) is 12.4 Å². The molecule has 0 aliphatic carbocycles. The summed E-state index contributed by atoms with van der Waals surface area (Å²) in [4.78, 5) is 22.7. The summed E-state index contributed by atoms with van der Waals surface area (Å²) in [7, 11) is 0. The molecule has 0 fully saturated rings. The lowest BCUT2D eigenvalue weighted by Crippen LogP contribution is -2.15. The lowest BCUT2D eigenvalue weighted by molar-refractivity contribution is -0.385. The third kappa shape index (κ3) is 2.83. The number of imidazole rings is 1. The summed E-state index contributed by atoms with van der Waals surface area (Å²) in [5.41, 5.74) is 1.87. The standard InChI is InChI=1S/C15H16N6O2/c1-3-20-13-7-5-4-6-12(13)19-14(20)10(2)18-15-16-8-11(9-17-15)21(22)23/h4-10H,3H2,1-2H3,(H,16,17,18)/t10-/m1/s1. The Bertz CT molecular complexity index is 843. The summed E-state index contributed by atoms with van der Waals surface area (Å²) in [6.07, 6.45) is 2.37. The number of nitrogens with one attached hydrogen (secondary N) is 1. The Kier molecular flexibility index (Phi) is 3.88. The summed E-state index contributed by atoms with van der Waals surface area (Å²) < 4.78 is 2.12. The van der Waals surface area contributed by atoms with Crippen molar-refractivity contribution in [2.45, 2.75) is 26.4 Å². The number of nitrogens with zero attached hydrogens (tertiary/aromatic N) is 5. The van der Waals surface area contributed by atoms with Gasteiger partial charge in [0.15, 0.2) is 0 Å². The zero-order valence-corrected chi connectivity index (χ0v) is 12.8. The van der Waals surface area contributed by atoms with Gasteiger partial charge >= 0.3 is 5.69 Å². The second kappa shape index (κ2) is 5.99. The molecule has 0 unspecified atom stereocenters. The molecule has 2 aromatic heterocycles. The predicted molar refractivity (Wildman–Crippen MR) is 86.1 cm³/mol. The van der Waals surface area contributed by atoms with Gasteiger partial charge in [-0.3, -0.25) is 10.1 Å². The topological polar surface area (TPSA) is 98.8 Å². The summed E-state index contributed by atoms with van der Waals surface area (Å²) in [5, 5.41) is 13.8. The van der Waals surface area contributed by atoms with E-state index in [1.807, 2.05) is 31.2 Å². The highest BCUT2D eigenvalue weighted by atomic mass is 16.6. The van der Waals surface area contributed by atoms with Crippen molar-refractivity contribution in [1.29, 1.82) is 0 Å². The zero-order valence-electron chi connectivity index (χ0n) is 12.8. The summed E-state index contributed by atoms with van der Waals surface area (Å²) in [5.74, 6) is 1.20. The highest BCUT2D eigenvalue weighted by Crippen LogP contribution is 2.22. The molecule has 0 aliphatic heterocycles. The number of anilines is 1. The van der Waals surface area contributed by atoms with Crippen LogP contribution in [-0.4, -0.2) is 24.4 Å². The van der Waals surface area contributed by atoms with Crippen LogP contribution in [0.15, 0.2) is 36.7 Å². The van der Waals surface area contributed by atoms with Gasteiger partial charge < -0.3 is 9.88 Å². The van der Waals surface area contributed by atoms with Gasteiger partial charge in [0.05, 0.1) is 22.0 Å². The van der Waals surface area contributed by atoms with Gasteiger partial charge in [-0.05, 0) is 26.0 Å². The summed E-state index contributed by atoms with van der Waals surface area (Å²) in [6, 6.07) is 7.81. The molecule has 0 aliphatic rings. The molecule has 1 N–H and O–H groups in total. The fourth-order valence-electron chi connectivity index (χ4n) is 2.51. The Balaban J connectivity index is 1.88. The number of aromatic nitrogens is 4. The van der Waals surface area contributed by atoms with Crippen LogP contribution >= 0.6 is 0 Å². The third-order valence-electron chi connectivity index (χ3n) is 3.58. The molecule has 3 rings (SSSR count). The van der Waals surface area contributed by atoms with Crippen molar-refractivity contribution in [3.63, 3.8) is 0 Å². The van der Waals surface area contributed by atoms with Crippen molar-refractivity contribution in [3.05, 3.63) is 52.6 Å². The van der Waals surface area contributed by atoms with Crippen LogP contribution in [0.3, 0.4) is 0 Å².